The molecule has 1 N–H and O–H groups in total. The summed E-state index contributed by atoms with van der Waals surface area (Å²) < 4.78 is 5.48. The van der Waals surface area contributed by atoms with Gasteiger partial charge in [0.2, 0.25) is 0 Å². The summed E-state index contributed by atoms with van der Waals surface area (Å²) in [4.78, 5) is 18.7. The number of ether oxygens (including phenoxy) is 1. The molecule has 1 saturated heterocycles. The van der Waals surface area contributed by atoms with Crippen molar-refractivity contribution in [2.24, 2.45) is 5.92 Å². The summed E-state index contributed by atoms with van der Waals surface area (Å²) in [6.07, 6.45) is 2.22. The largest absolute Gasteiger partial charge is 0.381 e. The standard InChI is InChI=1S/C16H25N3O2/c1-4-17-15-9-14(8-12(2)18-15)16(20)19(3)10-13-6-5-7-21-11-13/h8-9,13H,4-7,10-11H2,1-3H3,(H,17,18). The minimum absolute atomic E-state index is 0.0465. The number of aromatic nitrogens is 1. The third kappa shape index (κ3) is 4.43. The molecule has 1 fully saturated rings. The fourth-order valence-corrected chi connectivity index (χ4v) is 2.71. The van der Waals surface area contributed by atoms with Gasteiger partial charge < -0.3 is 15.0 Å². The molecule has 0 saturated carbocycles. The normalized spacial score (nSPS) is 18.3. The number of nitrogens with one attached hydrogen (secondary N) is 1. The fourth-order valence-electron chi connectivity index (χ4n) is 2.71. The number of carbonyl (C=O) groups excluding carboxylic acids is 1. The molecule has 5 nitrogen and oxygen atoms in total. The van der Waals surface area contributed by atoms with E-state index in [9.17, 15) is 4.79 Å². The average Bonchev–Trinajstić information content (AvgIpc) is 2.47. The molecular weight excluding hydrogens is 266 g/mol. The number of amides is 1. The summed E-state index contributed by atoms with van der Waals surface area (Å²) in [7, 11) is 1.86. The van der Waals surface area contributed by atoms with Gasteiger partial charge in [-0.15, -0.1) is 0 Å². The van der Waals surface area contributed by atoms with Crippen LogP contribution in [0.25, 0.3) is 0 Å². The molecule has 0 radical (unpaired) electrons. The number of aryl methyl sites for hydroxylation is 1. The molecule has 1 aromatic heterocycles. The first-order chi connectivity index (χ1) is 10.1. The second-order valence-electron chi connectivity index (χ2n) is 5.68. The summed E-state index contributed by atoms with van der Waals surface area (Å²) in [6.45, 7) is 7.07. The van der Waals surface area contributed by atoms with Crippen LogP contribution >= 0.6 is 0 Å². The molecule has 0 spiro atoms. The second-order valence-corrected chi connectivity index (χ2v) is 5.68. The van der Waals surface area contributed by atoms with Gasteiger partial charge >= 0.3 is 0 Å². The minimum Gasteiger partial charge on any atom is -0.381 e. The summed E-state index contributed by atoms with van der Waals surface area (Å²) in [5.41, 5.74) is 1.55. The van der Waals surface area contributed by atoms with E-state index in [0.29, 0.717) is 11.5 Å². The molecule has 5 heteroatoms. The van der Waals surface area contributed by atoms with Crippen molar-refractivity contribution in [3.63, 3.8) is 0 Å². The molecule has 1 unspecified atom stereocenters. The third-order valence-corrected chi connectivity index (χ3v) is 3.69. The maximum atomic E-state index is 12.6. The lowest BCUT2D eigenvalue weighted by Crippen LogP contribution is -2.35. The van der Waals surface area contributed by atoms with E-state index < -0.39 is 0 Å². The van der Waals surface area contributed by atoms with E-state index in [-0.39, 0.29) is 5.91 Å². The molecule has 2 rings (SSSR count). The van der Waals surface area contributed by atoms with Crippen LogP contribution in [0.2, 0.25) is 0 Å². The van der Waals surface area contributed by atoms with Gasteiger partial charge in [-0.2, -0.15) is 0 Å². The highest BCUT2D eigenvalue weighted by molar-refractivity contribution is 5.94. The van der Waals surface area contributed by atoms with Gasteiger partial charge in [0.1, 0.15) is 5.82 Å². The van der Waals surface area contributed by atoms with Gasteiger partial charge in [0.05, 0.1) is 6.61 Å². The average molecular weight is 291 g/mol. The van der Waals surface area contributed by atoms with Gasteiger partial charge in [-0.3, -0.25) is 4.79 Å². The maximum Gasteiger partial charge on any atom is 0.253 e. The Morgan fingerprint density at radius 1 is 1.52 bits per heavy atom. The highest BCUT2D eigenvalue weighted by Crippen LogP contribution is 2.17. The van der Waals surface area contributed by atoms with Crippen LogP contribution in [-0.2, 0) is 4.74 Å². The van der Waals surface area contributed by atoms with Crippen LogP contribution in [0, 0.1) is 12.8 Å². The van der Waals surface area contributed by atoms with E-state index in [4.69, 9.17) is 4.74 Å². The lowest BCUT2D eigenvalue weighted by Gasteiger charge is -2.27. The van der Waals surface area contributed by atoms with Crippen LogP contribution in [0.3, 0.4) is 0 Å². The Morgan fingerprint density at radius 3 is 3.00 bits per heavy atom. The molecule has 0 bridgehead atoms. The molecule has 1 aromatic rings. The van der Waals surface area contributed by atoms with Crippen molar-refractivity contribution in [3.8, 4) is 0 Å². The third-order valence-electron chi connectivity index (χ3n) is 3.69. The fraction of sp³-hybridized carbons (Fsp3) is 0.625. The highest BCUT2D eigenvalue weighted by atomic mass is 16.5. The number of anilines is 1. The van der Waals surface area contributed by atoms with Gasteiger partial charge in [0.25, 0.3) is 5.91 Å². The van der Waals surface area contributed by atoms with Crippen molar-refractivity contribution in [1.29, 1.82) is 0 Å². The number of pyridine rings is 1. The molecule has 116 valence electrons. The molecular formula is C16H25N3O2. The Morgan fingerprint density at radius 2 is 2.33 bits per heavy atom. The van der Waals surface area contributed by atoms with E-state index in [0.717, 1.165) is 50.7 Å². The van der Waals surface area contributed by atoms with Crippen molar-refractivity contribution in [1.82, 2.24) is 9.88 Å². The monoisotopic (exact) mass is 291 g/mol. The lowest BCUT2D eigenvalue weighted by atomic mass is 10.0. The van der Waals surface area contributed by atoms with Crippen LogP contribution in [0.5, 0.6) is 0 Å². The predicted molar refractivity (Wildman–Crippen MR) is 83.6 cm³/mol. The molecule has 0 aromatic carbocycles. The number of rotatable bonds is 5. The first-order valence-corrected chi connectivity index (χ1v) is 7.66. The smallest absolute Gasteiger partial charge is 0.253 e. The van der Waals surface area contributed by atoms with Gasteiger partial charge in [-0.1, -0.05) is 0 Å². The van der Waals surface area contributed by atoms with E-state index in [1.807, 2.05) is 33.0 Å². The van der Waals surface area contributed by atoms with Crippen LogP contribution in [0.1, 0.15) is 35.8 Å². The molecule has 1 atom stereocenters. The Kier molecular flexibility index (Phi) is 5.56. The zero-order valence-electron chi connectivity index (χ0n) is 13.2. The van der Waals surface area contributed by atoms with E-state index in [2.05, 4.69) is 10.3 Å². The Balaban J connectivity index is 2.03. The van der Waals surface area contributed by atoms with Crippen LogP contribution in [0.4, 0.5) is 5.82 Å². The zero-order valence-corrected chi connectivity index (χ0v) is 13.2. The van der Waals surface area contributed by atoms with Crippen molar-refractivity contribution in [2.75, 3.05) is 38.7 Å². The summed E-state index contributed by atoms with van der Waals surface area (Å²) in [5, 5.41) is 3.16. The summed E-state index contributed by atoms with van der Waals surface area (Å²) in [5.74, 6) is 1.25. The first kappa shape index (κ1) is 15.8. The van der Waals surface area contributed by atoms with Crippen molar-refractivity contribution in [3.05, 3.63) is 23.4 Å². The van der Waals surface area contributed by atoms with Gasteiger partial charge in [-0.25, -0.2) is 4.98 Å². The SMILES string of the molecule is CCNc1cc(C(=O)N(C)CC2CCCOC2)cc(C)n1. The highest BCUT2D eigenvalue weighted by Gasteiger charge is 2.20. The molecule has 1 aliphatic heterocycles. The maximum absolute atomic E-state index is 12.6. The first-order valence-electron chi connectivity index (χ1n) is 7.66. The van der Waals surface area contributed by atoms with Gasteiger partial charge in [0.15, 0.2) is 0 Å². The quantitative estimate of drug-likeness (QED) is 0.904. The summed E-state index contributed by atoms with van der Waals surface area (Å²) in [6, 6.07) is 3.67. The van der Waals surface area contributed by atoms with Crippen molar-refractivity contribution in [2.45, 2.75) is 26.7 Å². The molecule has 21 heavy (non-hydrogen) atoms. The van der Waals surface area contributed by atoms with Gasteiger partial charge in [-0.05, 0) is 44.7 Å². The number of hydrogen-bond acceptors (Lipinski definition) is 4. The predicted octanol–water partition coefficient (Wildman–Crippen LogP) is 2.32. The molecule has 2 heterocycles. The zero-order chi connectivity index (χ0) is 15.2. The number of hydrogen-bond donors (Lipinski definition) is 1. The Hall–Kier alpha value is -1.62. The van der Waals surface area contributed by atoms with E-state index in [1.54, 1.807) is 4.90 Å². The van der Waals surface area contributed by atoms with E-state index >= 15 is 0 Å². The van der Waals surface area contributed by atoms with E-state index in [1.165, 1.54) is 0 Å². The molecule has 0 aliphatic carbocycles. The van der Waals surface area contributed by atoms with Crippen LogP contribution in [0.15, 0.2) is 12.1 Å². The van der Waals surface area contributed by atoms with Crippen LogP contribution < -0.4 is 5.32 Å². The number of nitrogens with zero attached hydrogens (tertiary/aromatic N) is 2. The minimum atomic E-state index is 0.0465. The van der Waals surface area contributed by atoms with Crippen molar-refractivity contribution >= 4 is 11.7 Å². The molecule has 1 amide bonds. The molecule has 1 aliphatic rings. The summed E-state index contributed by atoms with van der Waals surface area (Å²) >= 11 is 0. The second kappa shape index (κ2) is 7.41. The lowest BCUT2D eigenvalue weighted by molar-refractivity contribution is 0.0388. The van der Waals surface area contributed by atoms with Crippen LogP contribution in [-0.4, -0.2) is 49.1 Å². The van der Waals surface area contributed by atoms with Gasteiger partial charge in [0, 0.05) is 38.0 Å². The topological polar surface area (TPSA) is 54.5 Å². The van der Waals surface area contributed by atoms with Crippen molar-refractivity contribution < 1.29 is 9.53 Å². The number of carbonyl (C=O) groups is 1. The Labute approximate surface area is 126 Å². The Bertz CT molecular complexity index is 484.